The highest BCUT2D eigenvalue weighted by Gasteiger charge is 2.13. The van der Waals surface area contributed by atoms with E-state index in [0.29, 0.717) is 23.7 Å². The van der Waals surface area contributed by atoms with Crippen molar-refractivity contribution in [1.29, 1.82) is 5.26 Å². The van der Waals surface area contributed by atoms with E-state index in [2.05, 4.69) is 19.2 Å². The second-order valence-corrected chi connectivity index (χ2v) is 4.21. The molecule has 1 aromatic rings. The topological polar surface area (TPSA) is 79.0 Å². The third kappa shape index (κ3) is 3.76. The number of benzene rings is 1. The minimum atomic E-state index is -0.446. The van der Waals surface area contributed by atoms with E-state index in [4.69, 9.17) is 5.26 Å². The zero-order chi connectivity index (χ0) is 12.8. The van der Waals surface area contributed by atoms with Crippen molar-refractivity contribution in [3.05, 3.63) is 33.9 Å². The summed E-state index contributed by atoms with van der Waals surface area (Å²) in [5.74, 6) is 0.528. The lowest BCUT2D eigenvalue weighted by molar-refractivity contribution is -0.384. The number of nitrogens with one attached hydrogen (secondary N) is 1. The van der Waals surface area contributed by atoms with Gasteiger partial charge in [0.2, 0.25) is 0 Å². The third-order valence-corrected chi connectivity index (χ3v) is 2.36. The van der Waals surface area contributed by atoms with Crippen LogP contribution in [0, 0.1) is 27.4 Å². The summed E-state index contributed by atoms with van der Waals surface area (Å²) in [7, 11) is 0. The lowest BCUT2D eigenvalue weighted by Crippen LogP contribution is -2.07. The Hall–Kier alpha value is -2.09. The van der Waals surface area contributed by atoms with Crippen molar-refractivity contribution in [2.75, 3.05) is 11.9 Å². The van der Waals surface area contributed by atoms with Gasteiger partial charge in [0.25, 0.3) is 5.69 Å². The summed E-state index contributed by atoms with van der Waals surface area (Å²) in [4.78, 5) is 10.4. The molecule has 0 heterocycles. The number of nitro groups is 1. The summed E-state index contributed by atoms with van der Waals surface area (Å²) in [5, 5.41) is 22.6. The molecule has 1 rings (SSSR count). The predicted octanol–water partition coefficient (Wildman–Crippen LogP) is 2.92. The maximum atomic E-state index is 10.8. The van der Waals surface area contributed by atoms with Gasteiger partial charge in [-0.3, -0.25) is 10.1 Å². The van der Waals surface area contributed by atoms with Crippen LogP contribution in [0.3, 0.4) is 0 Å². The average Bonchev–Trinajstić information content (AvgIpc) is 2.28. The van der Waals surface area contributed by atoms with Gasteiger partial charge in [0.05, 0.1) is 16.6 Å². The monoisotopic (exact) mass is 233 g/mol. The minimum Gasteiger partial charge on any atom is -0.379 e. The molecule has 0 spiro atoms. The molecular formula is C12H15N3O2. The number of rotatable bonds is 5. The minimum absolute atomic E-state index is 0.00718. The number of nitriles is 1. The second kappa shape index (κ2) is 5.85. The van der Waals surface area contributed by atoms with E-state index in [1.54, 1.807) is 0 Å². The molecule has 0 aliphatic heterocycles. The summed E-state index contributed by atoms with van der Waals surface area (Å²) in [6.07, 6.45) is 0.925. The Labute approximate surface area is 100 Å². The summed E-state index contributed by atoms with van der Waals surface area (Å²) in [6, 6.07) is 6.29. The fourth-order valence-corrected chi connectivity index (χ4v) is 1.40. The van der Waals surface area contributed by atoms with Crippen molar-refractivity contribution in [3.8, 4) is 6.07 Å². The normalized spacial score (nSPS) is 10.0. The first-order chi connectivity index (χ1) is 8.04. The molecule has 0 saturated heterocycles. The largest absolute Gasteiger partial charge is 0.379 e. The van der Waals surface area contributed by atoms with Gasteiger partial charge >= 0.3 is 0 Å². The Kier molecular flexibility index (Phi) is 4.46. The SMILES string of the molecule is CC(C)CCNc1cc(C#N)ccc1[N+](=O)[O-]. The zero-order valence-corrected chi connectivity index (χ0v) is 9.93. The van der Waals surface area contributed by atoms with Crippen molar-refractivity contribution in [2.24, 2.45) is 5.92 Å². The number of anilines is 1. The molecule has 1 aromatic carbocycles. The molecule has 0 unspecified atom stereocenters. The Morgan fingerprint density at radius 1 is 1.53 bits per heavy atom. The third-order valence-electron chi connectivity index (χ3n) is 2.36. The fourth-order valence-electron chi connectivity index (χ4n) is 1.40. The number of hydrogen-bond donors (Lipinski definition) is 1. The molecule has 0 saturated carbocycles. The Balaban J connectivity index is 2.86. The zero-order valence-electron chi connectivity index (χ0n) is 9.93. The lowest BCUT2D eigenvalue weighted by Gasteiger charge is -2.08. The molecule has 0 amide bonds. The summed E-state index contributed by atoms with van der Waals surface area (Å²) >= 11 is 0. The van der Waals surface area contributed by atoms with Gasteiger partial charge in [-0.25, -0.2) is 0 Å². The van der Waals surface area contributed by atoms with Crippen molar-refractivity contribution >= 4 is 11.4 Å². The van der Waals surface area contributed by atoms with Crippen molar-refractivity contribution < 1.29 is 4.92 Å². The molecule has 5 heteroatoms. The molecule has 0 aromatic heterocycles. The van der Waals surface area contributed by atoms with Crippen LogP contribution in [0.5, 0.6) is 0 Å². The highest BCUT2D eigenvalue weighted by molar-refractivity contribution is 5.64. The Morgan fingerprint density at radius 2 is 2.24 bits per heavy atom. The van der Waals surface area contributed by atoms with E-state index in [1.807, 2.05) is 6.07 Å². The maximum Gasteiger partial charge on any atom is 0.292 e. The van der Waals surface area contributed by atoms with Crippen LogP contribution >= 0.6 is 0 Å². The van der Waals surface area contributed by atoms with Gasteiger partial charge in [-0.1, -0.05) is 13.8 Å². The van der Waals surface area contributed by atoms with Crippen LogP contribution in [0.25, 0.3) is 0 Å². The van der Waals surface area contributed by atoms with Crippen LogP contribution in [-0.4, -0.2) is 11.5 Å². The second-order valence-electron chi connectivity index (χ2n) is 4.21. The summed E-state index contributed by atoms with van der Waals surface area (Å²) in [6.45, 7) is 4.83. The van der Waals surface area contributed by atoms with Crippen LogP contribution in [-0.2, 0) is 0 Å². The van der Waals surface area contributed by atoms with E-state index in [1.165, 1.54) is 18.2 Å². The molecule has 0 atom stereocenters. The first-order valence-corrected chi connectivity index (χ1v) is 5.47. The molecule has 0 bridgehead atoms. The quantitative estimate of drug-likeness (QED) is 0.626. The van der Waals surface area contributed by atoms with Crippen LogP contribution in [0.4, 0.5) is 11.4 Å². The van der Waals surface area contributed by atoms with Crippen LogP contribution in [0.2, 0.25) is 0 Å². The molecule has 5 nitrogen and oxygen atoms in total. The van der Waals surface area contributed by atoms with Crippen LogP contribution in [0.15, 0.2) is 18.2 Å². The van der Waals surface area contributed by atoms with Gasteiger partial charge in [-0.2, -0.15) is 5.26 Å². The Morgan fingerprint density at radius 3 is 2.76 bits per heavy atom. The molecular weight excluding hydrogens is 218 g/mol. The molecule has 0 aliphatic carbocycles. The lowest BCUT2D eigenvalue weighted by atomic mass is 10.1. The van der Waals surface area contributed by atoms with Crippen molar-refractivity contribution in [1.82, 2.24) is 0 Å². The van der Waals surface area contributed by atoms with Crippen LogP contribution in [0.1, 0.15) is 25.8 Å². The first-order valence-electron chi connectivity index (χ1n) is 5.47. The van der Waals surface area contributed by atoms with Gasteiger partial charge in [-0.15, -0.1) is 0 Å². The van der Waals surface area contributed by atoms with Crippen molar-refractivity contribution in [3.63, 3.8) is 0 Å². The summed E-state index contributed by atoms with van der Waals surface area (Å²) < 4.78 is 0. The number of nitro benzene ring substituents is 1. The van der Waals surface area contributed by atoms with Gasteiger partial charge in [0.15, 0.2) is 0 Å². The van der Waals surface area contributed by atoms with Gasteiger partial charge in [0.1, 0.15) is 5.69 Å². The number of hydrogen-bond acceptors (Lipinski definition) is 4. The molecule has 0 aliphatic rings. The van der Waals surface area contributed by atoms with Gasteiger partial charge in [0, 0.05) is 12.6 Å². The highest BCUT2D eigenvalue weighted by Crippen LogP contribution is 2.25. The highest BCUT2D eigenvalue weighted by atomic mass is 16.6. The van der Waals surface area contributed by atoms with E-state index in [-0.39, 0.29) is 5.69 Å². The molecule has 17 heavy (non-hydrogen) atoms. The fraction of sp³-hybridized carbons (Fsp3) is 0.417. The Bertz CT molecular complexity index is 450. The van der Waals surface area contributed by atoms with Crippen molar-refractivity contribution in [2.45, 2.75) is 20.3 Å². The first kappa shape index (κ1) is 13.0. The number of nitrogens with zero attached hydrogens (tertiary/aromatic N) is 2. The van der Waals surface area contributed by atoms with Gasteiger partial charge < -0.3 is 5.32 Å². The van der Waals surface area contributed by atoms with E-state index >= 15 is 0 Å². The smallest absolute Gasteiger partial charge is 0.292 e. The van der Waals surface area contributed by atoms with E-state index in [9.17, 15) is 10.1 Å². The standard InChI is InChI=1S/C12H15N3O2/c1-9(2)5-6-14-11-7-10(8-13)3-4-12(11)15(16)17/h3-4,7,9,14H,5-6H2,1-2H3. The van der Waals surface area contributed by atoms with Gasteiger partial charge in [-0.05, 0) is 24.5 Å². The average molecular weight is 233 g/mol. The molecule has 1 N–H and O–H groups in total. The molecule has 90 valence electrons. The predicted molar refractivity (Wildman–Crippen MR) is 65.8 cm³/mol. The summed E-state index contributed by atoms with van der Waals surface area (Å²) in [5.41, 5.74) is 0.838. The van der Waals surface area contributed by atoms with Crippen LogP contribution < -0.4 is 5.32 Å². The maximum absolute atomic E-state index is 10.8. The van der Waals surface area contributed by atoms with E-state index in [0.717, 1.165) is 6.42 Å². The van der Waals surface area contributed by atoms with E-state index < -0.39 is 4.92 Å². The molecule has 0 fully saturated rings. The molecule has 0 radical (unpaired) electrons.